The van der Waals surface area contributed by atoms with Crippen molar-refractivity contribution in [2.24, 2.45) is 11.8 Å². The third-order valence-corrected chi connectivity index (χ3v) is 5.42. The Morgan fingerprint density at radius 2 is 1.42 bits per heavy atom. The van der Waals surface area contributed by atoms with Crippen LogP contribution in [0.25, 0.3) is 0 Å². The average molecular weight is 364 g/mol. The molecule has 0 amide bonds. The van der Waals surface area contributed by atoms with Gasteiger partial charge in [0, 0.05) is 17.4 Å². The molecule has 0 aromatic heterocycles. The van der Waals surface area contributed by atoms with Crippen molar-refractivity contribution in [3.05, 3.63) is 12.2 Å². The van der Waals surface area contributed by atoms with Crippen LogP contribution in [0.4, 0.5) is 35.1 Å². The van der Waals surface area contributed by atoms with Crippen LogP contribution < -0.4 is 0 Å². The van der Waals surface area contributed by atoms with Gasteiger partial charge in [-0.05, 0) is 19.8 Å². The molecule has 0 heterocycles. The fraction of sp³-hybridized carbons (Fsp3) is 0.786. The van der Waals surface area contributed by atoms with E-state index < -0.39 is 65.9 Å². The van der Waals surface area contributed by atoms with Crippen molar-refractivity contribution in [3.8, 4) is 0 Å². The van der Waals surface area contributed by atoms with Crippen LogP contribution in [0.2, 0.25) is 0 Å². The Labute approximate surface area is 130 Å². The molecule has 0 spiro atoms. The Bertz CT molecular complexity index is 632. The summed E-state index contributed by atoms with van der Waals surface area (Å²) in [5, 5.41) is 0. The monoisotopic (exact) mass is 364 g/mol. The van der Waals surface area contributed by atoms with Crippen molar-refractivity contribution >= 4 is 5.97 Å². The van der Waals surface area contributed by atoms with E-state index in [4.69, 9.17) is 0 Å². The lowest BCUT2D eigenvalue weighted by Gasteiger charge is -2.42. The zero-order valence-electron chi connectivity index (χ0n) is 12.2. The molecule has 0 aromatic carbocycles. The van der Waals surface area contributed by atoms with Gasteiger partial charge >= 0.3 is 23.7 Å². The lowest BCUT2D eigenvalue weighted by atomic mass is 9.73. The normalized spacial score (nSPS) is 46.6. The van der Waals surface area contributed by atoms with Crippen LogP contribution in [-0.2, 0) is 9.53 Å². The highest BCUT2D eigenvalue weighted by Gasteiger charge is 3.04. The Balaban J connectivity index is 2.09. The van der Waals surface area contributed by atoms with Crippen LogP contribution in [0.15, 0.2) is 12.2 Å². The first kappa shape index (κ1) is 17.5. The standard InChI is InChI=1S/C14H12F8O2/c1-5(2)9(23)24-8-4-6-3-7(8)11(16)10(6,15)12(17,18)14(21,22)13(11,19)20/h6-8H,1,3-4H2,2H3. The maximum Gasteiger partial charge on any atom is 0.378 e. The van der Waals surface area contributed by atoms with Gasteiger partial charge in [0.1, 0.15) is 6.10 Å². The van der Waals surface area contributed by atoms with Gasteiger partial charge in [0.15, 0.2) is 0 Å². The molecule has 2 bridgehead atoms. The second-order valence-electron chi connectivity index (χ2n) is 6.65. The summed E-state index contributed by atoms with van der Waals surface area (Å²) in [5.74, 6) is -23.6. The highest BCUT2D eigenvalue weighted by molar-refractivity contribution is 5.87. The van der Waals surface area contributed by atoms with Gasteiger partial charge in [-0.25, -0.2) is 13.6 Å². The number of carbonyl (C=O) groups is 1. The Morgan fingerprint density at radius 3 is 1.92 bits per heavy atom. The summed E-state index contributed by atoms with van der Waals surface area (Å²) in [7, 11) is 0. The van der Waals surface area contributed by atoms with E-state index in [-0.39, 0.29) is 5.57 Å². The Kier molecular flexibility index (Phi) is 3.09. The Morgan fingerprint density at radius 1 is 0.917 bits per heavy atom. The second kappa shape index (κ2) is 4.24. The van der Waals surface area contributed by atoms with E-state index in [9.17, 15) is 39.9 Å². The molecule has 0 radical (unpaired) electrons. The molecule has 5 atom stereocenters. The minimum Gasteiger partial charge on any atom is -0.459 e. The van der Waals surface area contributed by atoms with Crippen molar-refractivity contribution in [1.29, 1.82) is 0 Å². The molecule has 2 nitrogen and oxygen atoms in total. The smallest absolute Gasteiger partial charge is 0.378 e. The molecular formula is C14H12F8O2. The first-order valence-corrected chi connectivity index (χ1v) is 7.05. The molecule has 3 fully saturated rings. The minimum absolute atomic E-state index is 0.189. The summed E-state index contributed by atoms with van der Waals surface area (Å²) in [5.41, 5.74) is -9.76. The number of esters is 1. The lowest BCUT2D eigenvalue weighted by Crippen LogP contribution is -2.63. The molecule has 0 aliphatic heterocycles. The maximum atomic E-state index is 14.9. The molecule has 5 unspecified atom stereocenters. The van der Waals surface area contributed by atoms with E-state index in [1.165, 1.54) is 6.92 Å². The fourth-order valence-electron chi connectivity index (χ4n) is 4.28. The van der Waals surface area contributed by atoms with E-state index in [0.29, 0.717) is 0 Å². The fourth-order valence-corrected chi connectivity index (χ4v) is 4.28. The first-order chi connectivity index (χ1) is 10.7. The van der Waals surface area contributed by atoms with Crippen LogP contribution in [0.5, 0.6) is 0 Å². The minimum atomic E-state index is -6.20. The van der Waals surface area contributed by atoms with Gasteiger partial charge in [-0.15, -0.1) is 0 Å². The number of hydrogen-bond acceptors (Lipinski definition) is 2. The van der Waals surface area contributed by atoms with Gasteiger partial charge in [-0.1, -0.05) is 6.58 Å². The number of hydrogen-bond donors (Lipinski definition) is 0. The summed E-state index contributed by atoms with van der Waals surface area (Å²) in [6, 6.07) is 0. The predicted molar refractivity (Wildman–Crippen MR) is 63.4 cm³/mol. The number of alkyl halides is 8. The van der Waals surface area contributed by atoms with Crippen LogP contribution >= 0.6 is 0 Å². The van der Waals surface area contributed by atoms with Gasteiger partial charge < -0.3 is 4.74 Å². The van der Waals surface area contributed by atoms with E-state index in [1.807, 2.05) is 0 Å². The zero-order chi connectivity index (χ0) is 18.5. The summed E-state index contributed by atoms with van der Waals surface area (Å²) in [6.07, 6.45) is -3.29. The summed E-state index contributed by atoms with van der Waals surface area (Å²) in [4.78, 5) is 11.4. The quantitative estimate of drug-likeness (QED) is 0.423. The van der Waals surface area contributed by atoms with Gasteiger partial charge in [0.05, 0.1) is 0 Å². The first-order valence-electron chi connectivity index (χ1n) is 7.05. The summed E-state index contributed by atoms with van der Waals surface area (Å²) >= 11 is 0. The van der Waals surface area contributed by atoms with Gasteiger partial charge in [-0.3, -0.25) is 0 Å². The van der Waals surface area contributed by atoms with E-state index in [0.717, 1.165) is 0 Å². The SMILES string of the molecule is C=C(C)C(=O)OC1CC2CC1C1(F)C(F)(F)C(F)(F)C(F)(F)C21F. The molecule has 0 N–H and O–H groups in total. The van der Waals surface area contributed by atoms with Crippen molar-refractivity contribution < 1.29 is 44.7 Å². The third-order valence-electron chi connectivity index (χ3n) is 5.42. The molecule has 24 heavy (non-hydrogen) atoms. The maximum absolute atomic E-state index is 14.9. The van der Waals surface area contributed by atoms with Crippen LogP contribution in [0.1, 0.15) is 19.8 Å². The molecule has 3 saturated carbocycles. The van der Waals surface area contributed by atoms with E-state index in [1.54, 1.807) is 0 Å². The van der Waals surface area contributed by atoms with Gasteiger partial charge in [0.25, 0.3) is 0 Å². The molecule has 10 heteroatoms. The zero-order valence-corrected chi connectivity index (χ0v) is 12.2. The second-order valence-corrected chi connectivity index (χ2v) is 6.65. The topological polar surface area (TPSA) is 26.3 Å². The van der Waals surface area contributed by atoms with Crippen LogP contribution in [-0.4, -0.2) is 41.2 Å². The van der Waals surface area contributed by atoms with Crippen molar-refractivity contribution in [2.45, 2.75) is 55.0 Å². The number of halogens is 8. The highest BCUT2D eigenvalue weighted by atomic mass is 19.4. The van der Waals surface area contributed by atoms with Crippen LogP contribution in [0.3, 0.4) is 0 Å². The molecule has 3 rings (SSSR count). The molecule has 0 aromatic rings. The van der Waals surface area contributed by atoms with E-state index in [2.05, 4.69) is 11.3 Å². The molecule has 136 valence electrons. The number of ether oxygens (including phenoxy) is 1. The van der Waals surface area contributed by atoms with Gasteiger partial charge in [-0.2, -0.15) is 26.3 Å². The Hall–Kier alpha value is -1.35. The summed E-state index contributed by atoms with van der Waals surface area (Å²) < 4.78 is 117. The summed E-state index contributed by atoms with van der Waals surface area (Å²) in [6.45, 7) is 4.39. The van der Waals surface area contributed by atoms with Crippen molar-refractivity contribution in [1.82, 2.24) is 0 Å². The van der Waals surface area contributed by atoms with E-state index >= 15 is 0 Å². The van der Waals surface area contributed by atoms with Crippen molar-refractivity contribution in [3.63, 3.8) is 0 Å². The van der Waals surface area contributed by atoms with Crippen LogP contribution in [0, 0.1) is 11.8 Å². The molecule has 0 saturated heterocycles. The van der Waals surface area contributed by atoms with Crippen molar-refractivity contribution in [2.75, 3.05) is 0 Å². The number of fused-ring (bicyclic) bond motifs is 5. The lowest BCUT2D eigenvalue weighted by molar-refractivity contribution is -0.298. The number of carbonyl (C=O) groups excluding carboxylic acids is 1. The molecule has 3 aliphatic rings. The largest absolute Gasteiger partial charge is 0.459 e. The predicted octanol–water partition coefficient (Wildman–Crippen LogP) is 3.85. The highest BCUT2D eigenvalue weighted by Crippen LogP contribution is 2.79. The average Bonchev–Trinajstić information content (AvgIpc) is 2.98. The molecular weight excluding hydrogens is 352 g/mol. The number of rotatable bonds is 2. The van der Waals surface area contributed by atoms with Gasteiger partial charge in [0.2, 0.25) is 11.3 Å². The third kappa shape index (κ3) is 1.39. The molecule has 3 aliphatic carbocycles.